The van der Waals surface area contributed by atoms with E-state index in [0.29, 0.717) is 11.1 Å². The molecule has 1 aromatic heterocycles. The van der Waals surface area contributed by atoms with Crippen LogP contribution in [0.5, 0.6) is 0 Å². The van der Waals surface area contributed by atoms with Crippen LogP contribution in [-0.2, 0) is 4.79 Å². The number of nitrogens with zero attached hydrogens (tertiary/aromatic N) is 3. The number of carbonyl (C=O) groups is 2. The lowest BCUT2D eigenvalue weighted by atomic mass is 9.99. The maximum Gasteiger partial charge on any atom is 0.310 e. The number of hydrogen-bond acceptors (Lipinski definition) is 4. The molecular weight excluding hydrogens is 246 g/mol. The van der Waals surface area contributed by atoms with Crippen molar-refractivity contribution in [3.8, 4) is 0 Å². The smallest absolute Gasteiger partial charge is 0.310 e. The fourth-order valence-corrected chi connectivity index (χ4v) is 2.08. The van der Waals surface area contributed by atoms with Gasteiger partial charge in [0.2, 0.25) is 0 Å². The van der Waals surface area contributed by atoms with Crippen molar-refractivity contribution in [3.05, 3.63) is 36.2 Å². The number of carboxylic acids is 1. The second kappa shape index (κ2) is 4.31. The molecule has 6 nitrogen and oxygen atoms in total. The maximum atomic E-state index is 12.1. The maximum absolute atomic E-state index is 12.1. The fourth-order valence-electron chi connectivity index (χ4n) is 2.08. The Morgan fingerprint density at radius 3 is 2.53 bits per heavy atom. The largest absolute Gasteiger partial charge is 0.481 e. The third-order valence-electron chi connectivity index (χ3n) is 3.23. The summed E-state index contributed by atoms with van der Waals surface area (Å²) in [5.41, 5.74) is 1.89. The van der Waals surface area contributed by atoms with Gasteiger partial charge < -0.3 is 10.0 Å². The monoisotopic (exact) mass is 257 g/mol. The average molecular weight is 257 g/mol. The minimum absolute atomic E-state index is 0.162. The molecule has 1 N–H and O–H groups in total. The van der Waals surface area contributed by atoms with Crippen LogP contribution in [0.2, 0.25) is 0 Å². The number of amides is 1. The molecule has 1 fully saturated rings. The number of aliphatic carboxylic acids is 1. The summed E-state index contributed by atoms with van der Waals surface area (Å²) < 4.78 is 0. The lowest BCUT2D eigenvalue weighted by Gasteiger charge is -2.36. The Kier molecular flexibility index (Phi) is 2.63. The van der Waals surface area contributed by atoms with E-state index in [-0.39, 0.29) is 19.0 Å². The third-order valence-corrected chi connectivity index (χ3v) is 3.23. The van der Waals surface area contributed by atoms with Crippen molar-refractivity contribution in [1.82, 2.24) is 14.9 Å². The van der Waals surface area contributed by atoms with Crippen molar-refractivity contribution in [1.29, 1.82) is 0 Å². The van der Waals surface area contributed by atoms with Gasteiger partial charge in [0.25, 0.3) is 5.91 Å². The van der Waals surface area contributed by atoms with E-state index in [1.807, 2.05) is 0 Å². The van der Waals surface area contributed by atoms with Crippen molar-refractivity contribution < 1.29 is 14.7 Å². The highest BCUT2D eigenvalue weighted by atomic mass is 16.4. The summed E-state index contributed by atoms with van der Waals surface area (Å²) in [5.74, 6) is -1.46. The van der Waals surface area contributed by atoms with Gasteiger partial charge >= 0.3 is 5.97 Å². The van der Waals surface area contributed by atoms with Gasteiger partial charge in [-0.1, -0.05) is 0 Å². The van der Waals surface area contributed by atoms with E-state index in [1.54, 1.807) is 30.6 Å². The highest BCUT2D eigenvalue weighted by molar-refractivity contribution is 5.98. The molecule has 3 rings (SSSR count). The summed E-state index contributed by atoms with van der Waals surface area (Å²) in [5, 5.41) is 8.79. The second-order valence-corrected chi connectivity index (χ2v) is 4.51. The topological polar surface area (TPSA) is 83.4 Å². The van der Waals surface area contributed by atoms with Gasteiger partial charge in [-0.05, 0) is 18.2 Å². The van der Waals surface area contributed by atoms with Gasteiger partial charge in [-0.15, -0.1) is 0 Å². The molecule has 6 heteroatoms. The molecule has 0 atom stereocenters. The normalized spacial score (nSPS) is 15.3. The second-order valence-electron chi connectivity index (χ2n) is 4.51. The van der Waals surface area contributed by atoms with Gasteiger partial charge in [-0.3, -0.25) is 19.6 Å². The van der Waals surface area contributed by atoms with Crippen molar-refractivity contribution in [2.24, 2.45) is 5.92 Å². The van der Waals surface area contributed by atoms with Crippen molar-refractivity contribution in [3.63, 3.8) is 0 Å². The number of carboxylic acid groups (broad SMARTS) is 1. The Bertz CT molecular complexity index is 665. The van der Waals surface area contributed by atoms with Crippen molar-refractivity contribution in [2.75, 3.05) is 13.1 Å². The summed E-state index contributed by atoms with van der Waals surface area (Å²) in [4.78, 5) is 32.6. The van der Waals surface area contributed by atoms with Crippen LogP contribution in [0.4, 0.5) is 0 Å². The number of fused-ring (bicyclic) bond motifs is 1. The minimum Gasteiger partial charge on any atom is -0.481 e. The Hall–Kier alpha value is -2.50. The summed E-state index contributed by atoms with van der Waals surface area (Å²) in [7, 11) is 0. The Morgan fingerprint density at radius 1 is 1.16 bits per heavy atom. The molecule has 1 saturated heterocycles. The zero-order chi connectivity index (χ0) is 13.4. The Morgan fingerprint density at radius 2 is 1.84 bits per heavy atom. The molecule has 0 aliphatic carbocycles. The first-order valence-corrected chi connectivity index (χ1v) is 5.88. The SMILES string of the molecule is O=C(O)C1CN(C(=O)c2ccc3nccnc3c2)C1. The lowest BCUT2D eigenvalue weighted by molar-refractivity contribution is -0.146. The van der Waals surface area contributed by atoms with E-state index < -0.39 is 11.9 Å². The average Bonchev–Trinajstić information content (AvgIpc) is 2.35. The predicted molar refractivity (Wildman–Crippen MR) is 66.6 cm³/mol. The molecule has 96 valence electrons. The van der Waals surface area contributed by atoms with Crippen LogP contribution >= 0.6 is 0 Å². The molecule has 2 aromatic rings. The lowest BCUT2D eigenvalue weighted by Crippen LogP contribution is -2.53. The molecule has 0 radical (unpaired) electrons. The van der Waals surface area contributed by atoms with Gasteiger partial charge in [0, 0.05) is 31.0 Å². The van der Waals surface area contributed by atoms with Crippen LogP contribution < -0.4 is 0 Å². The summed E-state index contributed by atoms with van der Waals surface area (Å²) >= 11 is 0. The van der Waals surface area contributed by atoms with Crippen LogP contribution in [0, 0.1) is 5.92 Å². The standard InChI is InChI=1S/C13H11N3O3/c17-12(16-6-9(7-16)13(18)19)8-1-2-10-11(5-8)15-4-3-14-10/h1-5,9H,6-7H2,(H,18,19). The van der Waals surface area contributed by atoms with E-state index >= 15 is 0 Å². The van der Waals surface area contributed by atoms with Crippen LogP contribution in [-0.4, -0.2) is 44.9 Å². The van der Waals surface area contributed by atoms with E-state index in [2.05, 4.69) is 9.97 Å². The Labute approximate surface area is 108 Å². The van der Waals surface area contributed by atoms with Crippen LogP contribution in [0.25, 0.3) is 11.0 Å². The van der Waals surface area contributed by atoms with E-state index in [0.717, 1.165) is 5.52 Å². The first-order chi connectivity index (χ1) is 9.15. The predicted octanol–water partition coefficient (Wildman–Crippen LogP) is 0.786. The van der Waals surface area contributed by atoms with E-state index in [4.69, 9.17) is 5.11 Å². The van der Waals surface area contributed by atoms with E-state index in [9.17, 15) is 9.59 Å². The summed E-state index contributed by atoms with van der Waals surface area (Å²) in [6.45, 7) is 0.541. The van der Waals surface area contributed by atoms with Gasteiger partial charge in [0.05, 0.1) is 17.0 Å². The minimum atomic E-state index is -0.853. The van der Waals surface area contributed by atoms with E-state index in [1.165, 1.54) is 4.90 Å². The molecule has 1 aromatic carbocycles. The quantitative estimate of drug-likeness (QED) is 0.859. The molecule has 0 saturated carbocycles. The summed E-state index contributed by atoms with van der Waals surface area (Å²) in [6.07, 6.45) is 3.16. The molecule has 1 amide bonds. The number of hydrogen-bond donors (Lipinski definition) is 1. The van der Waals surface area contributed by atoms with Gasteiger partial charge in [-0.25, -0.2) is 0 Å². The molecule has 0 unspecified atom stereocenters. The van der Waals surface area contributed by atoms with Crippen molar-refractivity contribution >= 4 is 22.9 Å². The summed E-state index contributed by atoms with van der Waals surface area (Å²) in [6, 6.07) is 5.11. The molecule has 2 heterocycles. The highest BCUT2D eigenvalue weighted by Gasteiger charge is 2.35. The fraction of sp³-hybridized carbons (Fsp3) is 0.231. The van der Waals surface area contributed by atoms with Gasteiger partial charge in [-0.2, -0.15) is 0 Å². The molecular formula is C13H11N3O3. The number of carbonyl (C=O) groups excluding carboxylic acids is 1. The third kappa shape index (κ3) is 2.01. The molecule has 0 spiro atoms. The Balaban J connectivity index is 1.81. The van der Waals surface area contributed by atoms with Crippen LogP contribution in [0.15, 0.2) is 30.6 Å². The van der Waals surface area contributed by atoms with Crippen LogP contribution in [0.3, 0.4) is 0 Å². The van der Waals surface area contributed by atoms with Crippen LogP contribution in [0.1, 0.15) is 10.4 Å². The van der Waals surface area contributed by atoms with Gasteiger partial charge in [0.1, 0.15) is 0 Å². The zero-order valence-corrected chi connectivity index (χ0v) is 9.98. The number of rotatable bonds is 2. The number of benzene rings is 1. The first kappa shape index (κ1) is 11.6. The molecule has 0 bridgehead atoms. The molecule has 1 aliphatic heterocycles. The zero-order valence-electron chi connectivity index (χ0n) is 9.98. The number of likely N-dealkylation sites (tertiary alicyclic amines) is 1. The van der Waals surface area contributed by atoms with Crippen molar-refractivity contribution in [2.45, 2.75) is 0 Å². The molecule has 19 heavy (non-hydrogen) atoms. The molecule has 1 aliphatic rings. The van der Waals surface area contributed by atoms with Gasteiger partial charge in [0.15, 0.2) is 0 Å². The highest BCUT2D eigenvalue weighted by Crippen LogP contribution is 2.20. The number of aromatic nitrogens is 2. The first-order valence-electron chi connectivity index (χ1n) is 5.88.